The highest BCUT2D eigenvalue weighted by Gasteiger charge is 2.23. The zero-order valence-electron chi connectivity index (χ0n) is 14.0. The molecule has 1 aromatic heterocycles. The van der Waals surface area contributed by atoms with Crippen LogP contribution in [-0.4, -0.2) is 34.5 Å². The number of likely N-dealkylation sites (tertiary alicyclic amines) is 1. The topological polar surface area (TPSA) is 41.1 Å². The first kappa shape index (κ1) is 16.0. The number of halogens is 1. The predicted molar refractivity (Wildman–Crippen MR) is 98.0 cm³/mol. The summed E-state index contributed by atoms with van der Waals surface area (Å²) in [6.45, 7) is 2.95. The van der Waals surface area contributed by atoms with Gasteiger partial charge in [0.15, 0.2) is 0 Å². The SMILES string of the molecule is Fc1ccc2ncnc(NCC(c3ccccc3)N3CCCC3)c2c1. The third-order valence-corrected chi connectivity index (χ3v) is 4.83. The molecular weight excluding hydrogens is 315 g/mol. The number of benzene rings is 2. The maximum absolute atomic E-state index is 13.6. The van der Waals surface area contributed by atoms with Gasteiger partial charge in [-0.15, -0.1) is 0 Å². The predicted octanol–water partition coefficient (Wildman–Crippen LogP) is 4.02. The molecule has 1 saturated heterocycles. The zero-order valence-corrected chi connectivity index (χ0v) is 14.0. The summed E-state index contributed by atoms with van der Waals surface area (Å²) < 4.78 is 13.6. The molecule has 1 aliphatic rings. The van der Waals surface area contributed by atoms with E-state index in [1.54, 1.807) is 6.07 Å². The van der Waals surface area contributed by atoms with Gasteiger partial charge in [-0.3, -0.25) is 4.90 Å². The van der Waals surface area contributed by atoms with Gasteiger partial charge in [0.2, 0.25) is 0 Å². The van der Waals surface area contributed by atoms with Crippen molar-refractivity contribution in [3.05, 3.63) is 66.2 Å². The minimum Gasteiger partial charge on any atom is -0.368 e. The Bertz CT molecular complexity index is 847. The minimum atomic E-state index is -0.274. The van der Waals surface area contributed by atoms with Gasteiger partial charge in [-0.2, -0.15) is 0 Å². The molecule has 2 aromatic carbocycles. The molecule has 3 aromatic rings. The summed E-state index contributed by atoms with van der Waals surface area (Å²) in [6.07, 6.45) is 4.01. The Morgan fingerprint density at radius 2 is 1.84 bits per heavy atom. The third-order valence-electron chi connectivity index (χ3n) is 4.83. The molecular formula is C20H21FN4. The number of fused-ring (bicyclic) bond motifs is 1. The summed E-state index contributed by atoms with van der Waals surface area (Å²) in [5.74, 6) is 0.411. The van der Waals surface area contributed by atoms with E-state index >= 15 is 0 Å². The van der Waals surface area contributed by atoms with Crippen LogP contribution >= 0.6 is 0 Å². The Labute approximate surface area is 146 Å². The van der Waals surface area contributed by atoms with E-state index in [4.69, 9.17) is 0 Å². The third kappa shape index (κ3) is 3.46. The van der Waals surface area contributed by atoms with Crippen LogP contribution in [0.4, 0.5) is 10.2 Å². The first-order chi connectivity index (χ1) is 12.3. The molecule has 4 rings (SSSR count). The molecule has 0 saturated carbocycles. The Hall–Kier alpha value is -2.53. The second-order valence-electron chi connectivity index (χ2n) is 6.43. The number of hydrogen-bond acceptors (Lipinski definition) is 4. The lowest BCUT2D eigenvalue weighted by molar-refractivity contribution is 0.256. The van der Waals surface area contributed by atoms with Gasteiger partial charge < -0.3 is 5.32 Å². The summed E-state index contributed by atoms with van der Waals surface area (Å²) in [4.78, 5) is 11.1. The molecule has 1 unspecified atom stereocenters. The fraction of sp³-hybridized carbons (Fsp3) is 0.300. The molecule has 25 heavy (non-hydrogen) atoms. The van der Waals surface area contributed by atoms with Crippen LogP contribution in [0.15, 0.2) is 54.9 Å². The van der Waals surface area contributed by atoms with E-state index in [9.17, 15) is 4.39 Å². The fourth-order valence-corrected chi connectivity index (χ4v) is 3.55. The van der Waals surface area contributed by atoms with E-state index in [-0.39, 0.29) is 11.9 Å². The highest BCUT2D eigenvalue weighted by molar-refractivity contribution is 5.88. The van der Waals surface area contributed by atoms with Gasteiger partial charge >= 0.3 is 0 Å². The molecule has 0 amide bonds. The Balaban J connectivity index is 1.60. The number of nitrogens with zero attached hydrogens (tertiary/aromatic N) is 3. The summed E-state index contributed by atoms with van der Waals surface area (Å²) >= 11 is 0. The molecule has 1 aliphatic heterocycles. The fourth-order valence-electron chi connectivity index (χ4n) is 3.55. The highest BCUT2D eigenvalue weighted by Crippen LogP contribution is 2.27. The van der Waals surface area contributed by atoms with Gasteiger partial charge in [0.25, 0.3) is 0 Å². The number of nitrogens with one attached hydrogen (secondary N) is 1. The zero-order chi connectivity index (χ0) is 17.1. The quantitative estimate of drug-likeness (QED) is 0.764. The van der Waals surface area contributed by atoms with Crippen molar-refractivity contribution in [2.24, 2.45) is 0 Å². The van der Waals surface area contributed by atoms with E-state index in [1.165, 1.54) is 36.9 Å². The van der Waals surface area contributed by atoms with Crippen LogP contribution in [0.1, 0.15) is 24.4 Å². The first-order valence-electron chi connectivity index (χ1n) is 8.74. The van der Waals surface area contributed by atoms with Gasteiger partial charge in [0.05, 0.1) is 11.6 Å². The van der Waals surface area contributed by atoms with Gasteiger partial charge in [-0.1, -0.05) is 30.3 Å². The second kappa shape index (κ2) is 7.15. The molecule has 2 heterocycles. The molecule has 5 heteroatoms. The monoisotopic (exact) mass is 336 g/mol. The van der Waals surface area contributed by atoms with E-state index in [0.717, 1.165) is 30.5 Å². The normalized spacial score (nSPS) is 16.2. The molecule has 0 spiro atoms. The molecule has 128 valence electrons. The lowest BCUT2D eigenvalue weighted by Crippen LogP contribution is -2.31. The van der Waals surface area contributed by atoms with Crippen LogP contribution in [0.5, 0.6) is 0 Å². The Morgan fingerprint density at radius 3 is 2.64 bits per heavy atom. The van der Waals surface area contributed by atoms with Crippen LogP contribution in [0.2, 0.25) is 0 Å². The largest absolute Gasteiger partial charge is 0.368 e. The maximum atomic E-state index is 13.6. The summed E-state index contributed by atoms with van der Waals surface area (Å²) in [5.41, 5.74) is 2.04. The van der Waals surface area contributed by atoms with Crippen molar-refractivity contribution in [1.82, 2.24) is 14.9 Å². The maximum Gasteiger partial charge on any atom is 0.137 e. The number of rotatable bonds is 5. The van der Waals surface area contributed by atoms with E-state index < -0.39 is 0 Å². The molecule has 0 bridgehead atoms. The Morgan fingerprint density at radius 1 is 1.04 bits per heavy atom. The number of aromatic nitrogens is 2. The van der Waals surface area contributed by atoms with Crippen molar-refractivity contribution in [2.45, 2.75) is 18.9 Å². The lowest BCUT2D eigenvalue weighted by atomic mass is 10.1. The van der Waals surface area contributed by atoms with E-state index in [1.807, 2.05) is 6.07 Å². The number of hydrogen-bond donors (Lipinski definition) is 1. The summed E-state index contributed by atoms with van der Waals surface area (Å²) in [7, 11) is 0. The van der Waals surface area contributed by atoms with Crippen molar-refractivity contribution in [3.8, 4) is 0 Å². The first-order valence-corrected chi connectivity index (χ1v) is 8.74. The van der Waals surface area contributed by atoms with Gasteiger partial charge in [0, 0.05) is 11.9 Å². The highest BCUT2D eigenvalue weighted by atomic mass is 19.1. The molecule has 4 nitrogen and oxygen atoms in total. The minimum absolute atomic E-state index is 0.274. The van der Waals surface area contributed by atoms with Gasteiger partial charge in [-0.05, 0) is 49.7 Å². The summed E-state index contributed by atoms with van der Waals surface area (Å²) in [5, 5.41) is 4.15. The van der Waals surface area contributed by atoms with Crippen LogP contribution in [0.3, 0.4) is 0 Å². The second-order valence-corrected chi connectivity index (χ2v) is 6.43. The van der Waals surface area contributed by atoms with Crippen molar-refractivity contribution in [3.63, 3.8) is 0 Å². The summed E-state index contributed by atoms with van der Waals surface area (Å²) in [6, 6.07) is 15.4. The smallest absolute Gasteiger partial charge is 0.137 e. The average Bonchev–Trinajstić information content (AvgIpc) is 3.17. The van der Waals surface area contributed by atoms with Crippen LogP contribution in [0, 0.1) is 5.82 Å². The Kier molecular flexibility index (Phi) is 4.57. The van der Waals surface area contributed by atoms with E-state index in [0.29, 0.717) is 5.82 Å². The van der Waals surface area contributed by atoms with Gasteiger partial charge in [0.1, 0.15) is 18.0 Å². The van der Waals surface area contributed by atoms with Crippen molar-refractivity contribution in [1.29, 1.82) is 0 Å². The molecule has 1 fully saturated rings. The molecule has 0 radical (unpaired) electrons. The number of anilines is 1. The van der Waals surface area contributed by atoms with Crippen LogP contribution in [0.25, 0.3) is 10.9 Å². The van der Waals surface area contributed by atoms with Crippen molar-refractivity contribution in [2.75, 3.05) is 25.0 Å². The molecule has 1 N–H and O–H groups in total. The lowest BCUT2D eigenvalue weighted by Gasteiger charge is -2.28. The van der Waals surface area contributed by atoms with Gasteiger partial charge in [-0.25, -0.2) is 14.4 Å². The van der Waals surface area contributed by atoms with Crippen LogP contribution < -0.4 is 5.32 Å². The van der Waals surface area contributed by atoms with Crippen molar-refractivity contribution >= 4 is 16.7 Å². The van der Waals surface area contributed by atoms with Crippen LogP contribution in [-0.2, 0) is 0 Å². The standard InChI is InChI=1S/C20H21FN4/c21-16-8-9-18-17(12-16)20(24-14-23-18)22-13-19(25-10-4-5-11-25)15-6-2-1-3-7-15/h1-3,6-9,12,14,19H,4-5,10-11,13H2,(H,22,23,24). The molecule has 1 atom stereocenters. The molecule has 0 aliphatic carbocycles. The van der Waals surface area contributed by atoms with Crippen molar-refractivity contribution < 1.29 is 4.39 Å². The average molecular weight is 336 g/mol. The van der Waals surface area contributed by atoms with E-state index in [2.05, 4.69) is 44.5 Å².